The van der Waals surface area contributed by atoms with Gasteiger partial charge in [0.2, 0.25) is 0 Å². The van der Waals surface area contributed by atoms with Crippen molar-refractivity contribution in [3.05, 3.63) is 12.3 Å². The van der Waals surface area contributed by atoms with Gasteiger partial charge in [-0.2, -0.15) is 4.48 Å². The zero-order chi connectivity index (χ0) is 17.7. The first-order chi connectivity index (χ1) is 11.7. The minimum atomic E-state index is -0.114. The first-order valence-electron chi connectivity index (χ1n) is 9.90. The number of aliphatic hydroxyl groups is 1. The zero-order valence-electron chi connectivity index (χ0n) is 15.5. The number of unbranched alkanes of at least 4 members (excludes halogenated alkanes) is 9. The molecule has 138 valence electrons. The molecule has 0 radical (unpaired) electrons. The molecule has 4 nitrogen and oxygen atoms in total. The van der Waals surface area contributed by atoms with Gasteiger partial charge in [0, 0.05) is 13.0 Å². The Balaban J connectivity index is 2.30. The van der Waals surface area contributed by atoms with E-state index in [0.29, 0.717) is 32.2 Å². The Morgan fingerprint density at radius 2 is 1.46 bits per heavy atom. The van der Waals surface area contributed by atoms with E-state index in [0.717, 1.165) is 12.8 Å². The standard InChI is InChI=1S/C20H36NO3/c1-2-3-4-5-6-7-8-9-10-11-16-21(17-12-13-18-22)19(23)14-15-20(21)24/h11,16,22H,2-10,12-15,17-18H2,1H3/q+1. The summed E-state index contributed by atoms with van der Waals surface area (Å²) in [5.41, 5.74) is 0. The van der Waals surface area contributed by atoms with E-state index < -0.39 is 0 Å². The summed E-state index contributed by atoms with van der Waals surface area (Å²) in [4.78, 5) is 24.5. The van der Waals surface area contributed by atoms with Crippen LogP contribution in [0.3, 0.4) is 0 Å². The van der Waals surface area contributed by atoms with E-state index in [1.807, 2.05) is 12.3 Å². The molecule has 0 saturated carbocycles. The van der Waals surface area contributed by atoms with Crippen molar-refractivity contribution in [2.24, 2.45) is 0 Å². The van der Waals surface area contributed by atoms with E-state index in [4.69, 9.17) is 5.11 Å². The number of amides is 2. The van der Waals surface area contributed by atoms with E-state index >= 15 is 0 Å². The van der Waals surface area contributed by atoms with Gasteiger partial charge in [-0.15, -0.1) is 0 Å². The summed E-state index contributed by atoms with van der Waals surface area (Å²) in [6.45, 7) is 2.86. The monoisotopic (exact) mass is 338 g/mol. The number of quaternary nitrogens is 1. The van der Waals surface area contributed by atoms with E-state index in [-0.39, 0.29) is 22.9 Å². The fourth-order valence-corrected chi connectivity index (χ4v) is 3.37. The van der Waals surface area contributed by atoms with Crippen LogP contribution in [0.2, 0.25) is 0 Å². The van der Waals surface area contributed by atoms with Crippen LogP contribution in [0.4, 0.5) is 0 Å². The van der Waals surface area contributed by atoms with Crippen LogP contribution < -0.4 is 0 Å². The van der Waals surface area contributed by atoms with Crippen molar-refractivity contribution in [1.29, 1.82) is 0 Å². The van der Waals surface area contributed by atoms with Crippen molar-refractivity contribution in [3.8, 4) is 0 Å². The Kier molecular flexibility index (Phi) is 10.9. The highest BCUT2D eigenvalue weighted by Crippen LogP contribution is 2.25. The highest BCUT2D eigenvalue weighted by Gasteiger charge is 2.47. The molecule has 0 aromatic heterocycles. The third-order valence-corrected chi connectivity index (χ3v) is 4.95. The largest absolute Gasteiger partial charge is 0.396 e. The number of rotatable bonds is 14. The molecule has 1 fully saturated rings. The maximum atomic E-state index is 12.2. The zero-order valence-corrected chi connectivity index (χ0v) is 15.5. The van der Waals surface area contributed by atoms with E-state index in [2.05, 4.69) is 6.92 Å². The van der Waals surface area contributed by atoms with Crippen LogP contribution in [0.1, 0.15) is 90.4 Å². The minimum Gasteiger partial charge on any atom is -0.396 e. The van der Waals surface area contributed by atoms with Crippen molar-refractivity contribution in [2.75, 3.05) is 13.2 Å². The quantitative estimate of drug-likeness (QED) is 0.289. The molecule has 0 aliphatic carbocycles. The molecule has 0 aromatic rings. The van der Waals surface area contributed by atoms with Crippen molar-refractivity contribution in [3.63, 3.8) is 0 Å². The first kappa shape index (κ1) is 21.0. The lowest BCUT2D eigenvalue weighted by atomic mass is 10.1. The molecule has 1 saturated heterocycles. The van der Waals surface area contributed by atoms with Crippen LogP contribution in [0, 0.1) is 0 Å². The Morgan fingerprint density at radius 3 is 2.04 bits per heavy atom. The number of likely N-dealkylation sites (tertiary alicyclic amines) is 1. The molecule has 0 unspecified atom stereocenters. The summed E-state index contributed by atoms with van der Waals surface area (Å²) < 4.78 is -0.114. The Labute approximate surface area is 147 Å². The molecular formula is C20H36NO3+. The maximum Gasteiger partial charge on any atom is 0.326 e. The lowest BCUT2D eigenvalue weighted by Gasteiger charge is -2.24. The van der Waals surface area contributed by atoms with Crippen molar-refractivity contribution >= 4 is 11.8 Å². The molecule has 4 heteroatoms. The number of imide groups is 1. The van der Waals surface area contributed by atoms with Gasteiger partial charge >= 0.3 is 11.8 Å². The van der Waals surface area contributed by atoms with Gasteiger partial charge in [-0.1, -0.05) is 51.9 Å². The van der Waals surface area contributed by atoms with Crippen LogP contribution in [0.5, 0.6) is 0 Å². The lowest BCUT2D eigenvalue weighted by molar-refractivity contribution is -0.719. The molecule has 2 amide bonds. The highest BCUT2D eigenvalue weighted by molar-refractivity contribution is 5.92. The molecular weight excluding hydrogens is 302 g/mol. The third kappa shape index (κ3) is 6.86. The molecule has 0 atom stereocenters. The number of nitrogens with zero attached hydrogens (tertiary/aromatic N) is 1. The van der Waals surface area contributed by atoms with Gasteiger partial charge in [0.1, 0.15) is 6.20 Å². The molecule has 1 rings (SSSR count). The third-order valence-electron chi connectivity index (χ3n) is 4.95. The lowest BCUT2D eigenvalue weighted by Crippen LogP contribution is -2.48. The summed E-state index contributed by atoms with van der Waals surface area (Å²) >= 11 is 0. The first-order valence-corrected chi connectivity index (χ1v) is 9.90. The fourth-order valence-electron chi connectivity index (χ4n) is 3.37. The fraction of sp³-hybridized carbons (Fsp3) is 0.800. The molecule has 1 N–H and O–H groups in total. The summed E-state index contributed by atoms with van der Waals surface area (Å²) in [6, 6.07) is 0. The molecule has 1 aliphatic rings. The topological polar surface area (TPSA) is 54.4 Å². The summed E-state index contributed by atoms with van der Waals surface area (Å²) in [5.74, 6) is 0.0372. The number of hydrogen-bond donors (Lipinski definition) is 1. The molecule has 0 aromatic carbocycles. The van der Waals surface area contributed by atoms with Gasteiger partial charge in [-0.25, -0.2) is 9.59 Å². The average molecular weight is 339 g/mol. The normalized spacial score (nSPS) is 17.2. The van der Waals surface area contributed by atoms with Crippen LogP contribution in [0.15, 0.2) is 12.3 Å². The smallest absolute Gasteiger partial charge is 0.326 e. The van der Waals surface area contributed by atoms with Gasteiger partial charge in [0.15, 0.2) is 0 Å². The van der Waals surface area contributed by atoms with E-state index in [9.17, 15) is 9.59 Å². The summed E-state index contributed by atoms with van der Waals surface area (Å²) in [6.07, 6.45) is 17.2. The second-order valence-corrected chi connectivity index (χ2v) is 6.96. The van der Waals surface area contributed by atoms with Crippen molar-refractivity contribution in [2.45, 2.75) is 90.4 Å². The predicted molar refractivity (Wildman–Crippen MR) is 97.1 cm³/mol. The Hall–Kier alpha value is -1.00. The van der Waals surface area contributed by atoms with Gasteiger partial charge < -0.3 is 5.11 Å². The minimum absolute atomic E-state index is 0.0186. The second kappa shape index (κ2) is 12.4. The molecule has 0 spiro atoms. The predicted octanol–water partition coefficient (Wildman–Crippen LogP) is 4.47. The van der Waals surface area contributed by atoms with Crippen LogP contribution in [-0.4, -0.2) is 34.6 Å². The van der Waals surface area contributed by atoms with Crippen LogP contribution in [0.25, 0.3) is 0 Å². The van der Waals surface area contributed by atoms with Crippen LogP contribution in [-0.2, 0) is 9.59 Å². The molecule has 0 bridgehead atoms. The Bertz CT molecular complexity index is 388. The molecule has 1 aliphatic heterocycles. The highest BCUT2D eigenvalue weighted by atomic mass is 16.3. The van der Waals surface area contributed by atoms with Crippen LogP contribution >= 0.6 is 0 Å². The number of carbonyl (C=O) groups is 2. The van der Waals surface area contributed by atoms with Gasteiger partial charge in [-0.3, -0.25) is 0 Å². The van der Waals surface area contributed by atoms with Gasteiger partial charge in [0.25, 0.3) is 0 Å². The second-order valence-electron chi connectivity index (χ2n) is 6.96. The van der Waals surface area contributed by atoms with Crippen molar-refractivity contribution < 1.29 is 19.2 Å². The maximum absolute atomic E-state index is 12.2. The number of allylic oxidation sites excluding steroid dienone is 1. The summed E-state index contributed by atoms with van der Waals surface area (Å²) in [5, 5.41) is 8.93. The van der Waals surface area contributed by atoms with Crippen molar-refractivity contribution in [1.82, 2.24) is 0 Å². The number of carbonyl (C=O) groups excluding carboxylic acids is 2. The SMILES string of the molecule is CCCCCCCCCCC=C[N+]1(CCCCO)C(=O)CCC1=O. The Morgan fingerprint density at radius 1 is 0.875 bits per heavy atom. The van der Waals surface area contributed by atoms with E-state index in [1.165, 1.54) is 44.9 Å². The van der Waals surface area contributed by atoms with Gasteiger partial charge in [-0.05, 0) is 25.3 Å². The van der Waals surface area contributed by atoms with Gasteiger partial charge in [0.05, 0.1) is 19.4 Å². The summed E-state index contributed by atoms with van der Waals surface area (Å²) in [7, 11) is 0. The van der Waals surface area contributed by atoms with E-state index in [1.54, 1.807) is 0 Å². The molecule has 1 heterocycles. The number of hydrogen-bond acceptors (Lipinski definition) is 3. The average Bonchev–Trinajstić information content (AvgIpc) is 2.85. The number of aliphatic hydroxyl groups excluding tert-OH is 1. The molecule has 24 heavy (non-hydrogen) atoms.